The van der Waals surface area contributed by atoms with Gasteiger partial charge in [0.05, 0.1) is 23.9 Å². The largest absolute Gasteiger partial charge is 0.388 e. The number of ether oxygens (including phenoxy) is 4. The molecule has 10 nitrogen and oxygen atoms in total. The first-order valence-electron chi connectivity index (χ1n) is 15.5. The molecule has 242 valence electrons. The van der Waals surface area contributed by atoms with Crippen LogP contribution >= 0.6 is 0 Å². The highest BCUT2D eigenvalue weighted by molar-refractivity contribution is 5.24. The molecule has 0 aromatic carbocycles. The fourth-order valence-corrected chi connectivity index (χ4v) is 7.94. The summed E-state index contributed by atoms with van der Waals surface area (Å²) in [5.41, 5.74) is -0.144. The quantitative estimate of drug-likeness (QED) is 0.229. The normalized spacial score (nSPS) is 51.3. The van der Waals surface area contributed by atoms with Crippen molar-refractivity contribution in [1.29, 1.82) is 0 Å². The van der Waals surface area contributed by atoms with Gasteiger partial charge in [-0.2, -0.15) is 0 Å². The van der Waals surface area contributed by atoms with Crippen LogP contribution in [-0.4, -0.2) is 104 Å². The van der Waals surface area contributed by atoms with Crippen molar-refractivity contribution < 1.29 is 49.6 Å². The van der Waals surface area contributed by atoms with E-state index in [1.54, 1.807) is 19.9 Å². The van der Waals surface area contributed by atoms with Crippen LogP contribution in [0.2, 0.25) is 0 Å². The molecule has 2 saturated heterocycles. The summed E-state index contributed by atoms with van der Waals surface area (Å²) in [6.45, 7) is 18.1. The molecule has 1 saturated carbocycles. The topological polar surface area (TPSA) is 158 Å². The number of allylic oxidation sites excluding steroid dienone is 1. The van der Waals surface area contributed by atoms with Crippen LogP contribution in [0.4, 0.5) is 0 Å². The van der Waals surface area contributed by atoms with Gasteiger partial charge in [-0.25, -0.2) is 0 Å². The predicted molar refractivity (Wildman–Crippen MR) is 155 cm³/mol. The Kier molecular flexibility index (Phi) is 10.1. The molecule has 0 spiro atoms. The second-order valence-corrected chi connectivity index (χ2v) is 14.1. The zero-order chi connectivity index (χ0) is 31.4. The molecule has 4 aliphatic rings. The van der Waals surface area contributed by atoms with Gasteiger partial charge in [0.2, 0.25) is 0 Å². The van der Waals surface area contributed by atoms with Crippen molar-refractivity contribution in [1.82, 2.24) is 0 Å². The van der Waals surface area contributed by atoms with E-state index >= 15 is 0 Å². The second-order valence-electron chi connectivity index (χ2n) is 14.1. The van der Waals surface area contributed by atoms with E-state index in [1.165, 1.54) is 5.57 Å². The van der Waals surface area contributed by atoms with Crippen LogP contribution in [0.15, 0.2) is 24.3 Å². The first-order chi connectivity index (χ1) is 19.5. The zero-order valence-electron chi connectivity index (χ0n) is 26.2. The lowest BCUT2D eigenvalue weighted by Crippen LogP contribution is -2.62. The van der Waals surface area contributed by atoms with Gasteiger partial charge in [-0.1, -0.05) is 38.5 Å². The van der Waals surface area contributed by atoms with Crippen LogP contribution in [0.5, 0.6) is 0 Å². The van der Waals surface area contributed by atoms with Crippen molar-refractivity contribution in [2.75, 3.05) is 0 Å². The third-order valence-corrected chi connectivity index (χ3v) is 11.5. The van der Waals surface area contributed by atoms with Crippen molar-refractivity contribution in [2.45, 2.75) is 154 Å². The molecule has 10 heteroatoms. The molecule has 2 heterocycles. The van der Waals surface area contributed by atoms with E-state index in [1.807, 2.05) is 6.92 Å². The SMILES string of the molecule is C=CC(C)(CCC1(C)C(C)CC(OC2OC(C)C(O)C(O)C2O)C2(C)C(C)=CCCC12)OC1OC(C)C(O)C(O)C1O. The van der Waals surface area contributed by atoms with E-state index < -0.39 is 67.0 Å². The number of aliphatic hydroxyl groups is 6. The van der Waals surface area contributed by atoms with Crippen LogP contribution in [0.1, 0.15) is 80.6 Å². The van der Waals surface area contributed by atoms with E-state index in [2.05, 4.69) is 40.3 Å². The summed E-state index contributed by atoms with van der Waals surface area (Å²) < 4.78 is 24.4. The Balaban J connectivity index is 1.54. The Bertz CT molecular complexity index is 990. The van der Waals surface area contributed by atoms with Gasteiger partial charge >= 0.3 is 0 Å². The van der Waals surface area contributed by atoms with Crippen molar-refractivity contribution in [3.05, 3.63) is 24.3 Å². The highest BCUT2D eigenvalue weighted by atomic mass is 16.7. The highest BCUT2D eigenvalue weighted by Gasteiger charge is 2.59. The third-order valence-electron chi connectivity index (χ3n) is 11.5. The fraction of sp³-hybridized carbons (Fsp3) is 0.875. The fourth-order valence-electron chi connectivity index (χ4n) is 7.94. The molecule has 2 aliphatic heterocycles. The number of rotatable bonds is 8. The lowest BCUT2D eigenvalue weighted by molar-refractivity contribution is -0.322. The number of aliphatic hydroxyl groups excluding tert-OH is 6. The van der Waals surface area contributed by atoms with Gasteiger partial charge in [-0.05, 0) is 77.0 Å². The molecule has 2 aliphatic carbocycles. The summed E-state index contributed by atoms with van der Waals surface area (Å²) in [5, 5.41) is 62.2. The highest BCUT2D eigenvalue weighted by Crippen LogP contribution is 2.63. The molecule has 0 aromatic rings. The van der Waals surface area contributed by atoms with Gasteiger partial charge in [-0.3, -0.25) is 0 Å². The molecule has 0 aromatic heterocycles. The number of hydrogen-bond acceptors (Lipinski definition) is 10. The van der Waals surface area contributed by atoms with Crippen LogP contribution in [-0.2, 0) is 18.9 Å². The van der Waals surface area contributed by atoms with Crippen LogP contribution in [0.25, 0.3) is 0 Å². The molecular weight excluding hydrogens is 544 g/mol. The Labute approximate surface area is 250 Å². The minimum absolute atomic E-state index is 0.137. The van der Waals surface area contributed by atoms with E-state index in [4.69, 9.17) is 18.9 Å². The molecular formula is C32H54O10. The third kappa shape index (κ3) is 5.89. The van der Waals surface area contributed by atoms with Gasteiger partial charge in [0.1, 0.15) is 36.6 Å². The minimum Gasteiger partial charge on any atom is -0.388 e. The summed E-state index contributed by atoms with van der Waals surface area (Å²) in [7, 11) is 0. The van der Waals surface area contributed by atoms with Crippen molar-refractivity contribution in [3.8, 4) is 0 Å². The maximum absolute atomic E-state index is 10.7. The smallest absolute Gasteiger partial charge is 0.187 e. The molecule has 6 N–H and O–H groups in total. The molecule has 3 fully saturated rings. The first kappa shape index (κ1) is 34.0. The van der Waals surface area contributed by atoms with Crippen LogP contribution in [0.3, 0.4) is 0 Å². The Morgan fingerprint density at radius 2 is 1.48 bits per heavy atom. The first-order valence-corrected chi connectivity index (χ1v) is 15.5. The van der Waals surface area contributed by atoms with Gasteiger partial charge in [0.25, 0.3) is 0 Å². The number of hydrogen-bond donors (Lipinski definition) is 6. The number of fused-ring (bicyclic) bond motifs is 1. The molecule has 0 radical (unpaired) electrons. The van der Waals surface area contributed by atoms with Crippen molar-refractivity contribution >= 4 is 0 Å². The average molecular weight is 599 g/mol. The zero-order valence-corrected chi connectivity index (χ0v) is 26.2. The Hall–Kier alpha value is -0.920. The molecule has 0 amide bonds. The van der Waals surface area contributed by atoms with Crippen molar-refractivity contribution in [3.63, 3.8) is 0 Å². The van der Waals surface area contributed by atoms with Gasteiger partial charge < -0.3 is 49.6 Å². The molecule has 0 bridgehead atoms. The van der Waals surface area contributed by atoms with Crippen molar-refractivity contribution in [2.24, 2.45) is 22.7 Å². The van der Waals surface area contributed by atoms with Gasteiger partial charge in [0, 0.05) is 5.41 Å². The monoisotopic (exact) mass is 598 g/mol. The van der Waals surface area contributed by atoms with Crippen LogP contribution in [0, 0.1) is 22.7 Å². The lowest BCUT2D eigenvalue weighted by atomic mass is 9.45. The summed E-state index contributed by atoms with van der Waals surface area (Å²) in [6.07, 6.45) is -3.76. The summed E-state index contributed by atoms with van der Waals surface area (Å²) in [5.74, 6) is 0.433. The Morgan fingerprint density at radius 1 is 0.929 bits per heavy atom. The predicted octanol–water partition coefficient (Wildman–Crippen LogP) is 2.18. The van der Waals surface area contributed by atoms with Crippen LogP contribution < -0.4 is 0 Å². The minimum atomic E-state index is -1.40. The van der Waals surface area contributed by atoms with E-state index in [0.29, 0.717) is 12.8 Å². The second kappa shape index (κ2) is 12.5. The standard InChI is InChI=1S/C32H54O10/c1-9-30(6,42-29-27(38)25(36)23(34)19(5)40-29)13-14-31(7)17(3)15-21(32(8)16(2)11-10-12-20(31)32)41-28-26(37)24(35)22(33)18(4)39-28/h9,11,17-29,33-38H,1,10,12-15H2,2-8H3. The molecule has 42 heavy (non-hydrogen) atoms. The van der Waals surface area contributed by atoms with E-state index in [9.17, 15) is 30.6 Å². The summed E-state index contributed by atoms with van der Waals surface area (Å²) in [4.78, 5) is 0. The Morgan fingerprint density at radius 3 is 2.05 bits per heavy atom. The summed E-state index contributed by atoms with van der Waals surface area (Å²) >= 11 is 0. The van der Waals surface area contributed by atoms with E-state index in [0.717, 1.165) is 19.3 Å². The maximum Gasteiger partial charge on any atom is 0.187 e. The average Bonchev–Trinajstić information content (AvgIpc) is 2.95. The van der Waals surface area contributed by atoms with Gasteiger partial charge in [0.15, 0.2) is 12.6 Å². The molecule has 16 unspecified atom stereocenters. The summed E-state index contributed by atoms with van der Waals surface area (Å²) in [6, 6.07) is 0. The van der Waals surface area contributed by atoms with E-state index in [-0.39, 0.29) is 28.8 Å². The maximum atomic E-state index is 10.7. The molecule has 16 atom stereocenters. The lowest BCUT2D eigenvalue weighted by Gasteiger charge is -2.61. The molecule has 4 rings (SSSR count). The van der Waals surface area contributed by atoms with Gasteiger partial charge in [-0.15, -0.1) is 6.58 Å².